The van der Waals surface area contributed by atoms with Gasteiger partial charge in [-0.2, -0.15) is 0 Å². The van der Waals surface area contributed by atoms with E-state index in [1.807, 2.05) is 47.5 Å². The molecule has 7 heteroatoms. The van der Waals surface area contributed by atoms with Crippen molar-refractivity contribution < 1.29 is 9.63 Å². The summed E-state index contributed by atoms with van der Waals surface area (Å²) in [6, 6.07) is 9.47. The lowest BCUT2D eigenvalue weighted by atomic mass is 10.0. The summed E-state index contributed by atoms with van der Waals surface area (Å²) in [5.41, 5.74) is 4.33. The van der Waals surface area contributed by atoms with Crippen molar-refractivity contribution in [3.63, 3.8) is 0 Å². The van der Waals surface area contributed by atoms with Gasteiger partial charge in [0.25, 0.3) is 5.91 Å². The number of halogens is 1. The Bertz CT molecular complexity index is 823. The van der Waals surface area contributed by atoms with Crippen LogP contribution in [-0.4, -0.2) is 35.5 Å². The van der Waals surface area contributed by atoms with Crippen molar-refractivity contribution in [2.75, 3.05) is 13.1 Å². The molecule has 130 valence electrons. The van der Waals surface area contributed by atoms with E-state index in [2.05, 4.69) is 5.48 Å². The third kappa shape index (κ3) is 3.17. The van der Waals surface area contributed by atoms with Crippen molar-refractivity contribution in [2.45, 2.75) is 25.5 Å². The quantitative estimate of drug-likeness (QED) is 0.872. The minimum absolute atomic E-state index is 0.107. The molecule has 1 N–H and O–H groups in total. The zero-order valence-corrected chi connectivity index (χ0v) is 15.4. The monoisotopic (exact) mass is 375 g/mol. The van der Waals surface area contributed by atoms with Crippen molar-refractivity contribution in [1.29, 1.82) is 0 Å². The van der Waals surface area contributed by atoms with Crippen LogP contribution < -0.4 is 5.48 Å². The molecule has 2 aliphatic heterocycles. The lowest BCUT2D eigenvalue weighted by Gasteiger charge is -2.35. The minimum Gasteiger partial charge on any atom is -0.338 e. The first-order chi connectivity index (χ1) is 12.1. The van der Waals surface area contributed by atoms with Crippen LogP contribution in [0.5, 0.6) is 0 Å². The summed E-state index contributed by atoms with van der Waals surface area (Å²) in [4.78, 5) is 25.9. The Kier molecular flexibility index (Phi) is 4.27. The predicted octanol–water partition coefficient (Wildman–Crippen LogP) is 3.62. The number of nitrogens with one attached hydrogen (secondary N) is 1. The number of rotatable bonds is 2. The van der Waals surface area contributed by atoms with Crippen LogP contribution in [0.25, 0.3) is 0 Å². The molecular formula is C18H18ClN3O2S. The van der Waals surface area contributed by atoms with Crippen molar-refractivity contribution in [3.8, 4) is 0 Å². The number of carbonyl (C=O) groups excluding carboxylic acids is 1. The number of amides is 1. The summed E-state index contributed by atoms with van der Waals surface area (Å²) in [5.74, 6) is 0.820. The molecule has 0 bridgehead atoms. The molecule has 2 aliphatic rings. The maximum absolute atomic E-state index is 12.6. The zero-order chi connectivity index (χ0) is 17.4. The van der Waals surface area contributed by atoms with E-state index in [1.54, 1.807) is 0 Å². The highest BCUT2D eigenvalue weighted by Gasteiger charge is 2.41. The van der Waals surface area contributed by atoms with Gasteiger partial charge in [-0.25, -0.2) is 15.3 Å². The smallest absolute Gasteiger partial charge is 0.264 e. The van der Waals surface area contributed by atoms with Gasteiger partial charge in [0.2, 0.25) is 0 Å². The van der Waals surface area contributed by atoms with Gasteiger partial charge in [0.05, 0.1) is 4.88 Å². The van der Waals surface area contributed by atoms with Crippen molar-refractivity contribution in [2.24, 2.45) is 4.99 Å². The Balaban J connectivity index is 1.45. The first-order valence-electron chi connectivity index (χ1n) is 8.19. The molecule has 3 heterocycles. The third-order valence-electron chi connectivity index (χ3n) is 4.66. The van der Waals surface area contributed by atoms with E-state index in [9.17, 15) is 4.79 Å². The van der Waals surface area contributed by atoms with E-state index in [1.165, 1.54) is 11.3 Å². The Morgan fingerprint density at radius 2 is 2.00 bits per heavy atom. The summed E-state index contributed by atoms with van der Waals surface area (Å²) < 4.78 is 0. The van der Waals surface area contributed by atoms with Crippen molar-refractivity contribution >= 4 is 34.7 Å². The Morgan fingerprint density at radius 3 is 2.64 bits per heavy atom. The maximum Gasteiger partial charge on any atom is 0.264 e. The number of nitrogens with zero attached hydrogens (tertiary/aromatic N) is 2. The van der Waals surface area contributed by atoms with E-state index in [0.717, 1.165) is 16.0 Å². The summed E-state index contributed by atoms with van der Waals surface area (Å²) in [6.07, 6.45) is 1.35. The average Bonchev–Trinajstić information content (AvgIpc) is 3.23. The molecule has 0 atom stereocenters. The summed E-state index contributed by atoms with van der Waals surface area (Å²) >= 11 is 7.43. The van der Waals surface area contributed by atoms with Crippen LogP contribution in [0.15, 0.2) is 40.7 Å². The molecule has 5 nitrogen and oxygen atoms in total. The van der Waals surface area contributed by atoms with Crippen LogP contribution in [0.2, 0.25) is 5.02 Å². The number of carbonyl (C=O) groups is 1. The standard InChI is InChI=1S/C18H18ClN3O2S/c1-12-6-11-25-15(12)17(23)22-9-7-18(8-10-22)20-16(21-24-18)13-2-4-14(19)5-3-13/h2-6,11H,7-10H2,1H3,(H,20,21). The van der Waals surface area contributed by atoms with Crippen LogP contribution in [-0.2, 0) is 4.84 Å². The summed E-state index contributed by atoms with van der Waals surface area (Å²) in [5, 5.41) is 2.65. The van der Waals surface area contributed by atoms with Gasteiger partial charge in [0.15, 0.2) is 11.6 Å². The number of aliphatic imine (C=N–C) groups is 1. The number of thiophene rings is 1. The third-order valence-corrected chi connectivity index (χ3v) is 5.92. The predicted molar refractivity (Wildman–Crippen MR) is 99.1 cm³/mol. The molecule has 0 radical (unpaired) electrons. The van der Waals surface area contributed by atoms with E-state index in [0.29, 0.717) is 36.8 Å². The molecule has 0 aliphatic carbocycles. The van der Waals surface area contributed by atoms with Gasteiger partial charge in [0.1, 0.15) is 0 Å². The number of amidine groups is 1. The maximum atomic E-state index is 12.6. The van der Waals surface area contributed by atoms with Crippen LogP contribution in [0, 0.1) is 6.92 Å². The molecule has 1 aromatic carbocycles. The Hall–Kier alpha value is -1.89. The largest absolute Gasteiger partial charge is 0.338 e. The lowest BCUT2D eigenvalue weighted by molar-refractivity contribution is -0.0849. The second-order valence-electron chi connectivity index (χ2n) is 6.34. The summed E-state index contributed by atoms with van der Waals surface area (Å²) in [6.45, 7) is 3.24. The molecule has 1 fully saturated rings. The number of likely N-dealkylation sites (tertiary alicyclic amines) is 1. The molecule has 0 unspecified atom stereocenters. The number of hydrogen-bond donors (Lipinski definition) is 1. The highest BCUT2D eigenvalue weighted by molar-refractivity contribution is 7.12. The molecule has 25 heavy (non-hydrogen) atoms. The topological polar surface area (TPSA) is 53.9 Å². The van der Waals surface area contributed by atoms with Crippen molar-refractivity contribution in [1.82, 2.24) is 10.4 Å². The molecule has 1 saturated heterocycles. The molecular weight excluding hydrogens is 358 g/mol. The van der Waals surface area contributed by atoms with Crippen LogP contribution in [0.3, 0.4) is 0 Å². The van der Waals surface area contributed by atoms with E-state index < -0.39 is 5.72 Å². The van der Waals surface area contributed by atoms with Crippen LogP contribution >= 0.6 is 22.9 Å². The number of benzene rings is 1. The van der Waals surface area contributed by atoms with Crippen LogP contribution in [0.1, 0.15) is 33.6 Å². The average molecular weight is 376 g/mol. The fourth-order valence-electron chi connectivity index (χ4n) is 3.13. The van der Waals surface area contributed by atoms with E-state index in [4.69, 9.17) is 21.4 Å². The normalized spacial score (nSPS) is 19.0. The number of hydroxylamine groups is 1. The van der Waals surface area contributed by atoms with Gasteiger partial charge < -0.3 is 4.90 Å². The fourth-order valence-corrected chi connectivity index (χ4v) is 4.15. The second kappa shape index (κ2) is 6.44. The van der Waals surface area contributed by atoms with Gasteiger partial charge in [-0.15, -0.1) is 11.3 Å². The van der Waals surface area contributed by atoms with Gasteiger partial charge in [-0.05, 0) is 48.2 Å². The Labute approximate surface area is 155 Å². The van der Waals surface area contributed by atoms with Gasteiger partial charge in [-0.1, -0.05) is 11.6 Å². The van der Waals surface area contributed by atoms with Crippen molar-refractivity contribution in [3.05, 3.63) is 56.7 Å². The first-order valence-corrected chi connectivity index (χ1v) is 9.45. The first kappa shape index (κ1) is 16.6. The zero-order valence-electron chi connectivity index (χ0n) is 13.8. The highest BCUT2D eigenvalue weighted by Crippen LogP contribution is 2.32. The number of aryl methyl sites for hydroxylation is 1. The lowest BCUT2D eigenvalue weighted by Crippen LogP contribution is -2.46. The highest BCUT2D eigenvalue weighted by atomic mass is 35.5. The fraction of sp³-hybridized carbons (Fsp3) is 0.333. The number of piperidine rings is 1. The molecule has 1 amide bonds. The van der Waals surface area contributed by atoms with Gasteiger partial charge in [0, 0.05) is 36.5 Å². The molecule has 4 rings (SSSR count). The summed E-state index contributed by atoms with van der Waals surface area (Å²) in [7, 11) is 0. The molecule has 1 spiro atoms. The van der Waals surface area contributed by atoms with Gasteiger partial charge in [-0.3, -0.25) is 4.79 Å². The van der Waals surface area contributed by atoms with E-state index in [-0.39, 0.29) is 5.91 Å². The number of hydrogen-bond acceptors (Lipinski definition) is 5. The molecule has 2 aromatic rings. The SMILES string of the molecule is Cc1ccsc1C(=O)N1CCC2(CC1)N=C(c1ccc(Cl)cc1)NO2. The molecule has 0 saturated carbocycles. The minimum atomic E-state index is -0.587. The Morgan fingerprint density at radius 1 is 1.28 bits per heavy atom. The van der Waals surface area contributed by atoms with Gasteiger partial charge >= 0.3 is 0 Å². The van der Waals surface area contributed by atoms with Crippen LogP contribution in [0.4, 0.5) is 0 Å². The second-order valence-corrected chi connectivity index (χ2v) is 7.70. The van der Waals surface area contributed by atoms with E-state index >= 15 is 0 Å². The molecule has 1 aromatic heterocycles.